The summed E-state index contributed by atoms with van der Waals surface area (Å²) in [4.78, 5) is 30.8. The number of pyridine rings is 2. The maximum atomic E-state index is 13.4. The SMILES string of the molecule is Cc1cnc2c(=O)c(-c3cc4cnc([C@@H]5CCOC5)cc4s3)nn(-c3ccc(C(F)(F)F)nc3)c2n1. The first-order chi connectivity index (χ1) is 17.3. The van der Waals surface area contributed by atoms with E-state index < -0.39 is 17.3 Å². The molecular formula is C24H17F3N6O2S. The van der Waals surface area contributed by atoms with Gasteiger partial charge in [-0.2, -0.15) is 18.3 Å². The van der Waals surface area contributed by atoms with Crippen LogP contribution < -0.4 is 5.43 Å². The first-order valence-electron chi connectivity index (χ1n) is 11.1. The molecule has 0 unspecified atom stereocenters. The van der Waals surface area contributed by atoms with Crippen molar-refractivity contribution in [2.24, 2.45) is 0 Å². The monoisotopic (exact) mass is 510 g/mol. The largest absolute Gasteiger partial charge is 0.433 e. The van der Waals surface area contributed by atoms with Crippen LogP contribution in [0.15, 0.2) is 47.7 Å². The molecule has 36 heavy (non-hydrogen) atoms. The highest BCUT2D eigenvalue weighted by molar-refractivity contribution is 7.22. The van der Waals surface area contributed by atoms with Crippen molar-refractivity contribution in [2.75, 3.05) is 13.2 Å². The predicted molar refractivity (Wildman–Crippen MR) is 127 cm³/mol. The number of aromatic nitrogens is 6. The average Bonchev–Trinajstić information content (AvgIpc) is 3.53. The van der Waals surface area contributed by atoms with E-state index in [4.69, 9.17) is 4.74 Å². The number of nitrogens with zero attached hydrogens (tertiary/aromatic N) is 6. The fourth-order valence-electron chi connectivity index (χ4n) is 4.15. The highest BCUT2D eigenvalue weighted by atomic mass is 32.1. The molecule has 0 amide bonds. The molecule has 8 nitrogen and oxygen atoms in total. The molecule has 0 bridgehead atoms. The van der Waals surface area contributed by atoms with Crippen LogP contribution in [0, 0.1) is 6.92 Å². The maximum Gasteiger partial charge on any atom is 0.433 e. The zero-order valence-corrected chi connectivity index (χ0v) is 19.6. The third-order valence-corrected chi connectivity index (χ3v) is 7.10. The lowest BCUT2D eigenvalue weighted by atomic mass is 10.0. The van der Waals surface area contributed by atoms with Crippen LogP contribution >= 0.6 is 11.3 Å². The van der Waals surface area contributed by atoms with Crippen LogP contribution in [0.1, 0.15) is 29.4 Å². The Balaban J connectivity index is 1.52. The zero-order chi connectivity index (χ0) is 25.0. The van der Waals surface area contributed by atoms with Crippen molar-refractivity contribution in [1.82, 2.24) is 29.7 Å². The molecule has 0 N–H and O–H groups in total. The Hall–Kier alpha value is -3.77. The van der Waals surface area contributed by atoms with Crippen LogP contribution in [0.4, 0.5) is 13.2 Å². The van der Waals surface area contributed by atoms with E-state index in [2.05, 4.69) is 25.0 Å². The van der Waals surface area contributed by atoms with E-state index in [0.717, 1.165) is 34.5 Å². The molecule has 0 aliphatic carbocycles. The second-order valence-corrected chi connectivity index (χ2v) is 9.57. The van der Waals surface area contributed by atoms with Gasteiger partial charge in [0.2, 0.25) is 5.43 Å². The van der Waals surface area contributed by atoms with Crippen LogP contribution in [0.2, 0.25) is 0 Å². The number of rotatable bonds is 3. The van der Waals surface area contributed by atoms with Crippen LogP contribution in [0.5, 0.6) is 0 Å². The van der Waals surface area contributed by atoms with Gasteiger partial charge in [0.05, 0.1) is 29.1 Å². The molecule has 0 radical (unpaired) electrons. The molecule has 182 valence electrons. The minimum absolute atomic E-state index is 0.0601. The van der Waals surface area contributed by atoms with Gasteiger partial charge in [-0.05, 0) is 37.6 Å². The fraction of sp³-hybridized carbons (Fsp3) is 0.250. The summed E-state index contributed by atoms with van der Waals surface area (Å²) in [6.45, 7) is 3.04. The van der Waals surface area contributed by atoms with Crippen molar-refractivity contribution in [1.29, 1.82) is 0 Å². The molecule has 5 aromatic heterocycles. The van der Waals surface area contributed by atoms with Crippen LogP contribution in [0.3, 0.4) is 0 Å². The van der Waals surface area contributed by atoms with Crippen molar-refractivity contribution >= 4 is 32.6 Å². The standard InChI is InChI=1S/C24H17F3N6O2S/c1-12-8-30-21-22(34)20(18-6-14-9-28-16(7-17(14)36-18)13-4-5-35-11-13)32-33(23(21)31-12)15-2-3-19(29-10-15)24(25,26)27/h2-3,6-10,13H,4-5,11H2,1H3/t13-/m1/s1. The fourth-order valence-corrected chi connectivity index (χ4v) is 5.22. The first-order valence-corrected chi connectivity index (χ1v) is 11.9. The maximum absolute atomic E-state index is 13.4. The molecule has 12 heteroatoms. The number of fused-ring (bicyclic) bond motifs is 2. The van der Waals surface area contributed by atoms with Crippen LogP contribution in [-0.4, -0.2) is 42.9 Å². The molecule has 6 rings (SSSR count). The normalized spacial score (nSPS) is 16.3. The summed E-state index contributed by atoms with van der Waals surface area (Å²) in [5.74, 6) is 0.238. The van der Waals surface area contributed by atoms with Gasteiger partial charge in [-0.15, -0.1) is 11.3 Å². The highest BCUT2D eigenvalue weighted by Crippen LogP contribution is 2.34. The lowest BCUT2D eigenvalue weighted by molar-refractivity contribution is -0.141. The Morgan fingerprint density at radius 3 is 2.69 bits per heavy atom. The van der Waals surface area contributed by atoms with Gasteiger partial charge >= 0.3 is 6.18 Å². The van der Waals surface area contributed by atoms with Gasteiger partial charge in [-0.1, -0.05) is 0 Å². The zero-order valence-electron chi connectivity index (χ0n) is 18.8. The van der Waals surface area contributed by atoms with Crippen LogP contribution in [-0.2, 0) is 10.9 Å². The van der Waals surface area contributed by atoms with E-state index in [1.807, 2.05) is 12.1 Å². The van der Waals surface area contributed by atoms with Crippen molar-refractivity contribution in [2.45, 2.75) is 25.4 Å². The summed E-state index contributed by atoms with van der Waals surface area (Å²) in [5.41, 5.74) is 0.558. The second-order valence-electron chi connectivity index (χ2n) is 8.49. The number of thiophene rings is 1. The van der Waals surface area contributed by atoms with Gasteiger partial charge in [-0.3, -0.25) is 9.78 Å². The van der Waals surface area contributed by atoms with Gasteiger partial charge in [0.1, 0.15) is 5.69 Å². The van der Waals surface area contributed by atoms with E-state index in [-0.39, 0.29) is 28.5 Å². The summed E-state index contributed by atoms with van der Waals surface area (Å²) < 4.78 is 46.8. The number of alkyl halides is 3. The molecule has 6 heterocycles. The van der Waals surface area contributed by atoms with Crippen LogP contribution in [0.25, 0.3) is 37.5 Å². The Kier molecular flexibility index (Phi) is 5.30. The molecule has 5 aromatic rings. The Morgan fingerprint density at radius 2 is 1.97 bits per heavy atom. The molecule has 0 spiro atoms. The number of hydrogen-bond donors (Lipinski definition) is 0. The van der Waals surface area contributed by atoms with Gasteiger partial charge in [-0.25, -0.2) is 19.6 Å². The molecule has 1 aliphatic rings. The topological polar surface area (TPSA) is 95.7 Å². The van der Waals surface area contributed by atoms with Crippen molar-refractivity contribution in [3.8, 4) is 16.3 Å². The second kappa shape index (κ2) is 8.42. The quantitative estimate of drug-likeness (QED) is 0.348. The van der Waals surface area contributed by atoms with Crippen molar-refractivity contribution < 1.29 is 17.9 Å². The van der Waals surface area contributed by atoms with E-state index in [9.17, 15) is 18.0 Å². The molecular weight excluding hydrogens is 493 g/mol. The van der Waals surface area contributed by atoms with Gasteiger partial charge < -0.3 is 4.74 Å². The smallest absolute Gasteiger partial charge is 0.381 e. The summed E-state index contributed by atoms with van der Waals surface area (Å²) in [5, 5.41) is 5.38. The van der Waals surface area contributed by atoms with Gasteiger partial charge in [0.25, 0.3) is 0 Å². The number of halogens is 3. The minimum atomic E-state index is -4.58. The number of aryl methyl sites for hydroxylation is 1. The van der Waals surface area contributed by atoms with Gasteiger partial charge in [0, 0.05) is 40.7 Å². The Bertz CT molecular complexity index is 1670. The third kappa shape index (κ3) is 3.91. The molecule has 1 saturated heterocycles. The summed E-state index contributed by atoms with van der Waals surface area (Å²) in [6, 6.07) is 5.94. The van der Waals surface area contributed by atoms with E-state index in [1.165, 1.54) is 28.3 Å². The lowest BCUT2D eigenvalue weighted by Crippen LogP contribution is -2.18. The van der Waals surface area contributed by atoms with Crippen molar-refractivity contribution in [3.63, 3.8) is 0 Å². The first kappa shape index (κ1) is 22.7. The van der Waals surface area contributed by atoms with E-state index in [0.29, 0.717) is 23.8 Å². The minimum Gasteiger partial charge on any atom is -0.381 e. The summed E-state index contributed by atoms with van der Waals surface area (Å²) in [7, 11) is 0. The van der Waals surface area contributed by atoms with E-state index >= 15 is 0 Å². The summed E-state index contributed by atoms with van der Waals surface area (Å²) in [6.07, 6.45) is 0.623. The molecule has 1 fully saturated rings. The number of ether oxygens (including phenoxy) is 1. The van der Waals surface area contributed by atoms with Gasteiger partial charge in [0.15, 0.2) is 16.9 Å². The van der Waals surface area contributed by atoms with E-state index in [1.54, 1.807) is 13.1 Å². The summed E-state index contributed by atoms with van der Waals surface area (Å²) >= 11 is 1.39. The Morgan fingerprint density at radius 1 is 1.11 bits per heavy atom. The lowest BCUT2D eigenvalue weighted by Gasteiger charge is -2.12. The predicted octanol–water partition coefficient (Wildman–Crippen LogP) is 4.68. The van der Waals surface area contributed by atoms with Crippen molar-refractivity contribution in [3.05, 3.63) is 70.2 Å². The molecule has 1 atom stereocenters. The number of hydrogen-bond acceptors (Lipinski definition) is 8. The molecule has 1 aliphatic heterocycles. The molecule has 0 saturated carbocycles. The highest BCUT2D eigenvalue weighted by Gasteiger charge is 2.32. The average molecular weight is 511 g/mol. The molecule has 0 aromatic carbocycles. The Labute approximate surface area is 205 Å². The third-order valence-electron chi connectivity index (χ3n) is 5.99.